The van der Waals surface area contributed by atoms with E-state index in [4.69, 9.17) is 13.3 Å². The molecule has 0 aromatic heterocycles. The van der Waals surface area contributed by atoms with Gasteiger partial charge in [-0.25, -0.2) is 0 Å². The molecule has 0 aliphatic carbocycles. The predicted molar refractivity (Wildman–Crippen MR) is 64.3 cm³/mol. The van der Waals surface area contributed by atoms with E-state index >= 15 is 0 Å². The van der Waals surface area contributed by atoms with Gasteiger partial charge in [0.1, 0.15) is 0 Å². The topological polar surface area (TPSA) is 27.7 Å². The first-order valence-corrected chi connectivity index (χ1v) is 8.19. The lowest BCUT2D eigenvalue weighted by Crippen LogP contribution is -2.42. The number of rotatable bonds is 6. The summed E-state index contributed by atoms with van der Waals surface area (Å²) in [7, 11) is 2.64. The molecule has 1 aliphatic heterocycles. The normalized spacial score (nSPS) is 17.9. The zero-order chi connectivity index (χ0) is 10.4. The molecule has 1 rings (SSSR count). The Kier molecular flexibility index (Phi) is 5.58. The van der Waals surface area contributed by atoms with Crippen LogP contribution in [0.25, 0.3) is 0 Å². The molecule has 3 nitrogen and oxygen atoms in total. The van der Waals surface area contributed by atoms with Crippen LogP contribution in [0.3, 0.4) is 0 Å². The summed E-state index contributed by atoms with van der Waals surface area (Å²) >= 11 is 3.70. The summed E-state index contributed by atoms with van der Waals surface area (Å²) in [5.41, 5.74) is 0. The highest BCUT2D eigenvalue weighted by molar-refractivity contribution is 8.22. The van der Waals surface area contributed by atoms with Crippen molar-refractivity contribution in [2.24, 2.45) is 0 Å². The Hall–Kier alpha value is 0.537. The summed E-state index contributed by atoms with van der Waals surface area (Å²) in [6, 6.07) is 0.878. The van der Waals surface area contributed by atoms with Crippen LogP contribution in [0, 0.1) is 0 Å². The molecule has 1 heterocycles. The first-order chi connectivity index (χ1) is 6.76. The molecule has 6 heteroatoms. The lowest BCUT2D eigenvalue weighted by Gasteiger charge is -2.25. The number of thioether (sulfide) groups is 2. The van der Waals surface area contributed by atoms with E-state index < -0.39 is 8.80 Å². The van der Waals surface area contributed by atoms with E-state index in [-0.39, 0.29) is 0 Å². The molecule has 0 N–H and O–H groups in total. The third-order valence-corrected chi connectivity index (χ3v) is 7.41. The fourth-order valence-corrected chi connectivity index (χ4v) is 5.44. The largest absolute Gasteiger partial charge is 0.500 e. The van der Waals surface area contributed by atoms with Crippen molar-refractivity contribution in [3.63, 3.8) is 0 Å². The molecule has 0 radical (unpaired) electrons. The van der Waals surface area contributed by atoms with Gasteiger partial charge in [-0.3, -0.25) is 0 Å². The quantitative estimate of drug-likeness (QED) is 0.677. The van der Waals surface area contributed by atoms with Gasteiger partial charge in [0.25, 0.3) is 0 Å². The van der Waals surface area contributed by atoms with Crippen molar-refractivity contribution in [3.05, 3.63) is 10.8 Å². The van der Waals surface area contributed by atoms with E-state index in [1.807, 2.05) is 23.5 Å². The molecule has 0 bridgehead atoms. The lowest BCUT2D eigenvalue weighted by atomic mass is 10.6. The van der Waals surface area contributed by atoms with Crippen molar-refractivity contribution in [2.75, 3.05) is 21.3 Å². The van der Waals surface area contributed by atoms with E-state index in [0.29, 0.717) is 4.58 Å². The highest BCUT2D eigenvalue weighted by Gasteiger charge is 2.38. The highest BCUT2D eigenvalue weighted by atomic mass is 32.2. The summed E-state index contributed by atoms with van der Waals surface area (Å²) < 4.78 is 16.7. The van der Waals surface area contributed by atoms with Crippen molar-refractivity contribution >= 4 is 32.3 Å². The molecule has 82 valence electrons. The van der Waals surface area contributed by atoms with Crippen molar-refractivity contribution in [3.8, 4) is 0 Å². The fraction of sp³-hybridized carbons (Fsp3) is 0.750. The average Bonchev–Trinajstić information content (AvgIpc) is 2.74. The summed E-state index contributed by atoms with van der Waals surface area (Å²) in [5.74, 6) is 0. The maximum Gasteiger partial charge on any atom is 0.500 e. The van der Waals surface area contributed by atoms with Crippen LogP contribution in [0.2, 0.25) is 6.04 Å². The summed E-state index contributed by atoms with van der Waals surface area (Å²) in [6.45, 7) is 0. The van der Waals surface area contributed by atoms with Crippen molar-refractivity contribution in [1.29, 1.82) is 0 Å². The second kappa shape index (κ2) is 6.19. The first kappa shape index (κ1) is 12.6. The summed E-state index contributed by atoms with van der Waals surface area (Å²) in [6.07, 6.45) is 1.06. The van der Waals surface area contributed by atoms with Crippen LogP contribution in [0.5, 0.6) is 0 Å². The second-order valence-electron chi connectivity index (χ2n) is 2.81. The van der Waals surface area contributed by atoms with E-state index in [1.54, 1.807) is 21.3 Å². The Morgan fingerprint density at radius 3 is 2.00 bits per heavy atom. The Labute approximate surface area is 94.9 Å². The molecule has 14 heavy (non-hydrogen) atoms. The lowest BCUT2D eigenvalue weighted by molar-refractivity contribution is 0.123. The van der Waals surface area contributed by atoms with Gasteiger partial charge in [0, 0.05) is 27.4 Å². The van der Waals surface area contributed by atoms with Gasteiger partial charge in [0.15, 0.2) is 0 Å². The van der Waals surface area contributed by atoms with Gasteiger partial charge < -0.3 is 13.3 Å². The molecule has 0 amide bonds. The van der Waals surface area contributed by atoms with Gasteiger partial charge in [0.05, 0.1) is 4.58 Å². The van der Waals surface area contributed by atoms with Gasteiger partial charge in [0.2, 0.25) is 0 Å². The molecule has 0 unspecified atom stereocenters. The average molecular weight is 252 g/mol. The smallest absolute Gasteiger partial charge is 0.377 e. The zero-order valence-corrected chi connectivity index (χ0v) is 11.3. The van der Waals surface area contributed by atoms with Gasteiger partial charge in [-0.1, -0.05) is 0 Å². The molecule has 0 saturated heterocycles. The second-order valence-corrected chi connectivity index (χ2v) is 8.42. The minimum absolute atomic E-state index is 0.599. The Morgan fingerprint density at radius 2 is 1.57 bits per heavy atom. The van der Waals surface area contributed by atoms with E-state index in [2.05, 4.69) is 10.8 Å². The fourth-order valence-electron chi connectivity index (χ4n) is 1.26. The molecular formula is C8H16O3S2Si. The predicted octanol–water partition coefficient (Wildman–Crippen LogP) is 2.53. The SMILES string of the molecule is CO[Si](CCC1SC=CS1)(OC)OC. The van der Waals surface area contributed by atoms with Crippen LogP contribution < -0.4 is 0 Å². The molecular weight excluding hydrogens is 236 g/mol. The Morgan fingerprint density at radius 1 is 1.07 bits per heavy atom. The van der Waals surface area contributed by atoms with Gasteiger partial charge in [-0.2, -0.15) is 0 Å². The standard InChI is InChI=1S/C8H16O3S2Si/c1-9-14(10-2,11-3)7-4-8-12-5-6-13-8/h5-6,8H,4,7H2,1-3H3. The monoisotopic (exact) mass is 252 g/mol. The van der Waals surface area contributed by atoms with Crippen molar-refractivity contribution in [1.82, 2.24) is 0 Å². The molecule has 0 atom stereocenters. The molecule has 0 aromatic rings. The van der Waals surface area contributed by atoms with E-state index in [9.17, 15) is 0 Å². The molecule has 0 fully saturated rings. The van der Waals surface area contributed by atoms with Crippen molar-refractivity contribution in [2.45, 2.75) is 17.0 Å². The molecule has 0 spiro atoms. The summed E-state index contributed by atoms with van der Waals surface area (Å²) in [5, 5.41) is 4.26. The van der Waals surface area contributed by atoms with Crippen LogP contribution in [0.4, 0.5) is 0 Å². The van der Waals surface area contributed by atoms with Crippen LogP contribution >= 0.6 is 23.5 Å². The maximum atomic E-state index is 5.35. The third-order valence-electron chi connectivity index (χ3n) is 2.14. The van der Waals surface area contributed by atoms with E-state index in [0.717, 1.165) is 12.5 Å². The summed E-state index contributed by atoms with van der Waals surface area (Å²) in [4.78, 5) is 0. The third kappa shape index (κ3) is 3.29. The van der Waals surface area contributed by atoms with Gasteiger partial charge in [-0.05, 0) is 17.2 Å². The maximum absolute atomic E-state index is 5.35. The Balaban J connectivity index is 2.32. The minimum Gasteiger partial charge on any atom is -0.377 e. The van der Waals surface area contributed by atoms with Crippen LogP contribution in [-0.2, 0) is 13.3 Å². The molecule has 0 saturated carbocycles. The number of hydrogen-bond acceptors (Lipinski definition) is 5. The van der Waals surface area contributed by atoms with E-state index in [1.165, 1.54) is 0 Å². The van der Waals surface area contributed by atoms with Gasteiger partial charge in [-0.15, -0.1) is 23.5 Å². The minimum atomic E-state index is -2.34. The van der Waals surface area contributed by atoms with Gasteiger partial charge >= 0.3 is 8.80 Å². The van der Waals surface area contributed by atoms with Crippen LogP contribution in [-0.4, -0.2) is 34.7 Å². The highest BCUT2D eigenvalue weighted by Crippen LogP contribution is 2.37. The molecule has 1 aliphatic rings. The number of hydrogen-bond donors (Lipinski definition) is 0. The first-order valence-electron chi connectivity index (χ1n) is 4.38. The van der Waals surface area contributed by atoms with Crippen molar-refractivity contribution < 1.29 is 13.3 Å². The molecule has 0 aromatic carbocycles. The van der Waals surface area contributed by atoms with Crippen LogP contribution in [0.15, 0.2) is 10.8 Å². The Bertz CT molecular complexity index is 181. The van der Waals surface area contributed by atoms with Crippen LogP contribution in [0.1, 0.15) is 6.42 Å². The zero-order valence-electron chi connectivity index (χ0n) is 8.69.